The van der Waals surface area contributed by atoms with Gasteiger partial charge in [0.25, 0.3) is 0 Å². The predicted octanol–water partition coefficient (Wildman–Crippen LogP) is 5.15. The van der Waals surface area contributed by atoms with E-state index >= 15 is 0 Å². The van der Waals surface area contributed by atoms with E-state index in [9.17, 15) is 0 Å². The van der Waals surface area contributed by atoms with Gasteiger partial charge in [0.2, 0.25) is 0 Å². The van der Waals surface area contributed by atoms with E-state index in [0.717, 1.165) is 12.8 Å². The van der Waals surface area contributed by atoms with Gasteiger partial charge in [0.15, 0.2) is 8.32 Å². The fourth-order valence-corrected chi connectivity index (χ4v) is 4.37. The third-order valence-corrected chi connectivity index (χ3v) is 9.57. The van der Waals surface area contributed by atoms with Crippen molar-refractivity contribution in [1.29, 1.82) is 0 Å². The molecule has 0 heterocycles. The van der Waals surface area contributed by atoms with Crippen LogP contribution in [0.15, 0.2) is 30.3 Å². The van der Waals surface area contributed by atoms with Gasteiger partial charge >= 0.3 is 0 Å². The number of benzene rings is 1. The van der Waals surface area contributed by atoms with Crippen LogP contribution in [0, 0.1) is 0 Å². The summed E-state index contributed by atoms with van der Waals surface area (Å²) in [7, 11) is -1.68. The van der Waals surface area contributed by atoms with Crippen LogP contribution in [0.2, 0.25) is 18.1 Å². The minimum atomic E-state index is -1.68. The molecule has 1 aromatic carbocycles. The van der Waals surface area contributed by atoms with Gasteiger partial charge < -0.3 is 9.16 Å². The minimum Gasteiger partial charge on any atom is -0.411 e. The number of hydrogen-bond donors (Lipinski definition) is 0. The molecule has 1 aromatic rings. The maximum atomic E-state index is 6.57. The highest BCUT2D eigenvalue weighted by Gasteiger charge is 2.49. The number of ether oxygens (including phenoxy) is 1. The second-order valence-corrected chi connectivity index (χ2v) is 12.9. The SMILES string of the molecule is CC1(O[Si](C)(C)C(C)(C)C)CC(OCc2ccccc2)C1. The molecule has 0 aliphatic heterocycles. The molecule has 0 aromatic heterocycles. The first-order chi connectivity index (χ1) is 9.61. The zero-order chi connectivity index (χ0) is 15.7. The Morgan fingerprint density at radius 1 is 1.14 bits per heavy atom. The van der Waals surface area contributed by atoms with Crippen LogP contribution in [-0.4, -0.2) is 20.0 Å². The molecule has 3 heteroatoms. The summed E-state index contributed by atoms with van der Waals surface area (Å²) in [5.74, 6) is 0. The zero-order valence-corrected chi connectivity index (χ0v) is 15.4. The van der Waals surface area contributed by atoms with Crippen molar-refractivity contribution < 1.29 is 9.16 Å². The molecule has 1 aliphatic carbocycles. The van der Waals surface area contributed by atoms with Crippen LogP contribution in [0.1, 0.15) is 46.1 Å². The highest BCUT2D eigenvalue weighted by atomic mass is 28.4. The van der Waals surface area contributed by atoms with Crippen molar-refractivity contribution in [3.8, 4) is 0 Å². The Hall–Kier alpha value is -0.643. The van der Waals surface area contributed by atoms with E-state index < -0.39 is 8.32 Å². The molecule has 0 saturated heterocycles. The summed E-state index contributed by atoms with van der Waals surface area (Å²) < 4.78 is 12.6. The monoisotopic (exact) mass is 306 g/mol. The smallest absolute Gasteiger partial charge is 0.192 e. The Kier molecular flexibility index (Phi) is 4.67. The Balaban J connectivity index is 1.80. The molecule has 0 bridgehead atoms. The Morgan fingerprint density at radius 3 is 2.24 bits per heavy atom. The van der Waals surface area contributed by atoms with E-state index in [1.165, 1.54) is 5.56 Å². The average Bonchev–Trinajstić information content (AvgIpc) is 2.33. The summed E-state index contributed by atoms with van der Waals surface area (Å²) in [4.78, 5) is 0. The quantitative estimate of drug-likeness (QED) is 0.701. The third-order valence-electron chi connectivity index (χ3n) is 4.96. The first kappa shape index (κ1) is 16.7. The van der Waals surface area contributed by atoms with Gasteiger partial charge in [-0.3, -0.25) is 0 Å². The van der Waals surface area contributed by atoms with Gasteiger partial charge in [0, 0.05) is 12.8 Å². The van der Waals surface area contributed by atoms with Crippen molar-refractivity contribution in [2.45, 2.75) is 77.0 Å². The second-order valence-electron chi connectivity index (χ2n) is 8.14. The van der Waals surface area contributed by atoms with Crippen LogP contribution in [0.4, 0.5) is 0 Å². The predicted molar refractivity (Wildman–Crippen MR) is 90.9 cm³/mol. The molecule has 1 saturated carbocycles. The molecule has 0 amide bonds. The fraction of sp³-hybridized carbons (Fsp3) is 0.667. The van der Waals surface area contributed by atoms with Crippen molar-refractivity contribution in [2.24, 2.45) is 0 Å². The van der Waals surface area contributed by atoms with E-state index in [-0.39, 0.29) is 10.6 Å². The van der Waals surface area contributed by atoms with Crippen molar-refractivity contribution in [2.75, 3.05) is 0 Å². The zero-order valence-electron chi connectivity index (χ0n) is 14.4. The molecule has 21 heavy (non-hydrogen) atoms. The minimum absolute atomic E-state index is 0.0182. The van der Waals surface area contributed by atoms with E-state index in [2.05, 4.69) is 65.1 Å². The highest BCUT2D eigenvalue weighted by molar-refractivity contribution is 6.74. The lowest BCUT2D eigenvalue weighted by atomic mass is 9.79. The lowest BCUT2D eigenvalue weighted by Gasteiger charge is -2.51. The number of hydrogen-bond acceptors (Lipinski definition) is 2. The molecule has 1 aliphatic rings. The summed E-state index contributed by atoms with van der Waals surface area (Å²) >= 11 is 0. The van der Waals surface area contributed by atoms with Crippen LogP contribution in [0.5, 0.6) is 0 Å². The van der Waals surface area contributed by atoms with Crippen LogP contribution < -0.4 is 0 Å². The van der Waals surface area contributed by atoms with Gasteiger partial charge in [-0.05, 0) is 30.6 Å². The molecule has 0 unspecified atom stereocenters. The summed E-state index contributed by atoms with van der Waals surface area (Å²) in [6.07, 6.45) is 2.39. The summed E-state index contributed by atoms with van der Waals surface area (Å²) in [5.41, 5.74) is 1.26. The average molecular weight is 307 g/mol. The Bertz CT molecular complexity index is 456. The number of rotatable bonds is 5. The third kappa shape index (κ3) is 4.18. The van der Waals surface area contributed by atoms with E-state index in [1.807, 2.05) is 6.07 Å². The largest absolute Gasteiger partial charge is 0.411 e. The van der Waals surface area contributed by atoms with Crippen LogP contribution >= 0.6 is 0 Å². The van der Waals surface area contributed by atoms with E-state index in [0.29, 0.717) is 12.7 Å². The van der Waals surface area contributed by atoms with E-state index in [1.54, 1.807) is 0 Å². The molecular formula is C18H30O2Si. The molecule has 0 N–H and O–H groups in total. The van der Waals surface area contributed by atoms with Crippen LogP contribution in [-0.2, 0) is 15.8 Å². The van der Waals surface area contributed by atoms with Gasteiger partial charge in [-0.1, -0.05) is 51.1 Å². The highest BCUT2D eigenvalue weighted by Crippen LogP contribution is 2.45. The molecular weight excluding hydrogens is 276 g/mol. The van der Waals surface area contributed by atoms with Crippen molar-refractivity contribution in [1.82, 2.24) is 0 Å². The van der Waals surface area contributed by atoms with Gasteiger partial charge in [-0.2, -0.15) is 0 Å². The Morgan fingerprint density at radius 2 is 1.71 bits per heavy atom. The van der Waals surface area contributed by atoms with Crippen molar-refractivity contribution >= 4 is 8.32 Å². The van der Waals surface area contributed by atoms with Crippen molar-refractivity contribution in [3.63, 3.8) is 0 Å². The molecule has 118 valence electrons. The van der Waals surface area contributed by atoms with Gasteiger partial charge in [0.1, 0.15) is 0 Å². The first-order valence-corrected chi connectivity index (χ1v) is 10.9. The lowest BCUT2D eigenvalue weighted by molar-refractivity contribution is -0.126. The maximum absolute atomic E-state index is 6.57. The Labute approximate surface area is 131 Å². The van der Waals surface area contributed by atoms with Crippen LogP contribution in [0.3, 0.4) is 0 Å². The molecule has 1 fully saturated rings. The lowest BCUT2D eigenvalue weighted by Crippen LogP contribution is -2.56. The van der Waals surface area contributed by atoms with Crippen LogP contribution in [0.25, 0.3) is 0 Å². The first-order valence-electron chi connectivity index (χ1n) is 7.97. The summed E-state index contributed by atoms with van der Waals surface area (Å²) in [5, 5.41) is 0.270. The summed E-state index contributed by atoms with van der Waals surface area (Å²) in [6, 6.07) is 10.4. The maximum Gasteiger partial charge on any atom is 0.192 e. The second kappa shape index (κ2) is 5.86. The molecule has 0 radical (unpaired) electrons. The van der Waals surface area contributed by atoms with Gasteiger partial charge in [-0.15, -0.1) is 0 Å². The van der Waals surface area contributed by atoms with Crippen molar-refractivity contribution in [3.05, 3.63) is 35.9 Å². The molecule has 0 spiro atoms. The normalized spacial score (nSPS) is 26.5. The molecule has 0 atom stereocenters. The molecule has 2 nitrogen and oxygen atoms in total. The van der Waals surface area contributed by atoms with E-state index in [4.69, 9.17) is 9.16 Å². The molecule has 2 rings (SSSR count). The van der Waals surface area contributed by atoms with Gasteiger partial charge in [-0.25, -0.2) is 0 Å². The standard InChI is InChI=1S/C18H30O2Si/c1-17(2,3)21(5,6)20-18(4)12-16(13-18)19-14-15-10-8-7-9-11-15/h7-11,16H,12-14H2,1-6H3. The summed E-state index contributed by atoms with van der Waals surface area (Å²) in [6.45, 7) is 14.5. The topological polar surface area (TPSA) is 18.5 Å². The fourth-order valence-electron chi connectivity index (χ4n) is 2.66. The van der Waals surface area contributed by atoms with Gasteiger partial charge in [0.05, 0.1) is 18.3 Å².